The standard InChI is InChI=1S/C6H7FN4O2S/c7-3-13-11-4(5(12)10-8)6-9-1-2-14-6/h1-2,4,8,11H,3H2. The monoisotopic (exact) mass is 218 g/mol. The fraction of sp³-hybridized carbons (Fsp3) is 0.333. The summed E-state index contributed by atoms with van der Waals surface area (Å²) in [6.45, 7) is -1.08. The van der Waals surface area contributed by atoms with Gasteiger partial charge in [-0.2, -0.15) is 5.48 Å². The van der Waals surface area contributed by atoms with Crippen LogP contribution in [0.5, 0.6) is 0 Å². The van der Waals surface area contributed by atoms with Crippen LogP contribution in [-0.4, -0.2) is 17.8 Å². The molecular weight excluding hydrogens is 211 g/mol. The van der Waals surface area contributed by atoms with Crippen molar-refractivity contribution in [3.63, 3.8) is 0 Å². The second-order valence-corrected chi connectivity index (χ2v) is 3.05. The van der Waals surface area contributed by atoms with Gasteiger partial charge in [0.15, 0.2) is 6.04 Å². The van der Waals surface area contributed by atoms with Crippen LogP contribution in [0.4, 0.5) is 4.39 Å². The predicted molar refractivity (Wildman–Crippen MR) is 45.2 cm³/mol. The molecule has 1 amide bonds. The number of hydroxylamine groups is 1. The van der Waals surface area contributed by atoms with E-state index in [-0.39, 0.29) is 0 Å². The first-order valence-corrected chi connectivity index (χ1v) is 4.41. The van der Waals surface area contributed by atoms with Crippen molar-refractivity contribution in [2.24, 2.45) is 5.11 Å². The number of aromatic nitrogens is 1. The molecule has 0 aromatic carbocycles. The molecule has 0 radical (unpaired) electrons. The number of amides is 1. The molecule has 0 saturated carbocycles. The number of alkyl halides is 1. The molecule has 0 aliphatic carbocycles. The summed E-state index contributed by atoms with van der Waals surface area (Å²) in [4.78, 5) is 19.1. The van der Waals surface area contributed by atoms with Crippen LogP contribution in [0.15, 0.2) is 16.7 Å². The van der Waals surface area contributed by atoms with Crippen LogP contribution in [0, 0.1) is 5.53 Å². The largest absolute Gasteiger partial charge is 0.290 e. The van der Waals surface area contributed by atoms with Crippen molar-refractivity contribution in [2.75, 3.05) is 6.86 Å². The third-order valence-corrected chi connectivity index (χ3v) is 2.15. The number of nitrogens with zero attached hydrogens (tertiary/aromatic N) is 2. The maximum Gasteiger partial charge on any atom is 0.290 e. The summed E-state index contributed by atoms with van der Waals surface area (Å²) < 4.78 is 11.7. The molecule has 0 saturated heterocycles. The molecule has 6 nitrogen and oxygen atoms in total. The van der Waals surface area contributed by atoms with Crippen LogP contribution < -0.4 is 5.48 Å². The van der Waals surface area contributed by atoms with Gasteiger partial charge in [-0.1, -0.05) is 0 Å². The average Bonchev–Trinajstić information content (AvgIpc) is 2.71. The van der Waals surface area contributed by atoms with Gasteiger partial charge in [0.2, 0.25) is 6.86 Å². The Balaban J connectivity index is 2.71. The molecule has 0 aliphatic heterocycles. The topological polar surface area (TPSA) is 87.4 Å². The van der Waals surface area contributed by atoms with E-state index < -0.39 is 18.8 Å². The Morgan fingerprint density at radius 1 is 1.93 bits per heavy atom. The molecule has 1 rings (SSSR count). The maximum atomic E-state index is 11.7. The summed E-state index contributed by atoms with van der Waals surface area (Å²) in [5.41, 5.74) is 8.67. The maximum absolute atomic E-state index is 11.7. The molecule has 8 heteroatoms. The van der Waals surface area contributed by atoms with Crippen molar-refractivity contribution in [1.82, 2.24) is 10.5 Å². The molecule has 0 aliphatic rings. The molecule has 0 spiro atoms. The van der Waals surface area contributed by atoms with Crippen LogP contribution in [0.2, 0.25) is 0 Å². The number of thiazole rings is 1. The lowest BCUT2D eigenvalue weighted by Crippen LogP contribution is -2.27. The molecule has 2 N–H and O–H groups in total. The zero-order chi connectivity index (χ0) is 10.4. The van der Waals surface area contributed by atoms with E-state index in [1.54, 1.807) is 5.38 Å². The Hall–Kier alpha value is -1.25. The third-order valence-electron chi connectivity index (χ3n) is 1.31. The van der Waals surface area contributed by atoms with Gasteiger partial charge in [-0.3, -0.25) is 9.63 Å². The lowest BCUT2D eigenvalue weighted by Gasteiger charge is -2.09. The Morgan fingerprint density at radius 2 is 2.71 bits per heavy atom. The summed E-state index contributed by atoms with van der Waals surface area (Å²) in [5, 5.41) is 4.73. The van der Waals surface area contributed by atoms with E-state index in [1.165, 1.54) is 17.5 Å². The van der Waals surface area contributed by atoms with Crippen LogP contribution in [0.1, 0.15) is 11.0 Å². The molecule has 1 unspecified atom stereocenters. The Bertz CT molecular complexity index is 305. The highest BCUT2D eigenvalue weighted by molar-refractivity contribution is 7.09. The van der Waals surface area contributed by atoms with Gasteiger partial charge in [0.25, 0.3) is 5.91 Å². The van der Waals surface area contributed by atoms with Crippen LogP contribution in [-0.2, 0) is 9.63 Å². The fourth-order valence-corrected chi connectivity index (χ4v) is 1.43. The SMILES string of the molecule is N=NC(=O)C(NOCF)c1nccs1. The first-order chi connectivity index (χ1) is 6.79. The van der Waals surface area contributed by atoms with Crippen LogP contribution >= 0.6 is 11.3 Å². The lowest BCUT2D eigenvalue weighted by atomic mass is 10.3. The third kappa shape index (κ3) is 2.62. The zero-order valence-corrected chi connectivity index (χ0v) is 7.75. The van der Waals surface area contributed by atoms with Crippen LogP contribution in [0.25, 0.3) is 0 Å². The quantitative estimate of drug-likeness (QED) is 0.574. The highest BCUT2D eigenvalue weighted by Gasteiger charge is 2.22. The van der Waals surface area contributed by atoms with Gasteiger partial charge < -0.3 is 0 Å². The normalized spacial score (nSPS) is 12.4. The second-order valence-electron chi connectivity index (χ2n) is 2.12. The number of carbonyl (C=O) groups excluding carboxylic acids is 1. The van der Waals surface area contributed by atoms with Crippen molar-refractivity contribution in [3.05, 3.63) is 16.6 Å². The van der Waals surface area contributed by atoms with Crippen molar-refractivity contribution in [2.45, 2.75) is 6.04 Å². The minimum atomic E-state index is -1.08. The molecule has 1 heterocycles. The van der Waals surface area contributed by atoms with E-state index in [4.69, 9.17) is 5.53 Å². The molecule has 0 fully saturated rings. The van der Waals surface area contributed by atoms with E-state index >= 15 is 0 Å². The Labute approximate surface area is 82.6 Å². The van der Waals surface area contributed by atoms with Crippen molar-refractivity contribution in [3.8, 4) is 0 Å². The number of halogens is 1. The first kappa shape index (κ1) is 10.8. The van der Waals surface area contributed by atoms with Crippen molar-refractivity contribution >= 4 is 17.2 Å². The molecule has 1 aromatic heterocycles. The van der Waals surface area contributed by atoms with Gasteiger partial charge >= 0.3 is 0 Å². The van der Waals surface area contributed by atoms with Crippen molar-refractivity contribution < 1.29 is 14.0 Å². The lowest BCUT2D eigenvalue weighted by molar-refractivity contribution is -0.126. The van der Waals surface area contributed by atoms with Gasteiger partial charge in [-0.15, -0.1) is 16.5 Å². The van der Waals surface area contributed by atoms with E-state index in [2.05, 4.69) is 20.4 Å². The highest BCUT2D eigenvalue weighted by atomic mass is 32.1. The Morgan fingerprint density at radius 3 is 3.21 bits per heavy atom. The number of nitrogens with one attached hydrogen (secondary N) is 2. The van der Waals surface area contributed by atoms with Gasteiger partial charge in [0.05, 0.1) is 0 Å². The van der Waals surface area contributed by atoms with Gasteiger partial charge in [-0.05, 0) is 0 Å². The van der Waals surface area contributed by atoms with Crippen molar-refractivity contribution in [1.29, 1.82) is 5.53 Å². The summed E-state index contributed by atoms with van der Waals surface area (Å²) in [6.07, 6.45) is 1.49. The summed E-state index contributed by atoms with van der Waals surface area (Å²) in [6, 6.07) is -1.01. The summed E-state index contributed by atoms with van der Waals surface area (Å²) >= 11 is 1.18. The molecule has 14 heavy (non-hydrogen) atoms. The minimum Gasteiger partial charge on any atom is -0.268 e. The number of hydrogen-bond donors (Lipinski definition) is 2. The molecule has 1 aromatic rings. The smallest absolute Gasteiger partial charge is 0.268 e. The van der Waals surface area contributed by atoms with E-state index in [9.17, 15) is 9.18 Å². The van der Waals surface area contributed by atoms with E-state index in [0.29, 0.717) is 5.01 Å². The molecule has 76 valence electrons. The fourth-order valence-electron chi connectivity index (χ4n) is 0.763. The predicted octanol–water partition coefficient (Wildman–Crippen LogP) is 1.19. The minimum absolute atomic E-state index is 0.374. The van der Waals surface area contributed by atoms with E-state index in [1.807, 2.05) is 0 Å². The number of rotatable bonds is 5. The molecular formula is C6H7FN4O2S. The summed E-state index contributed by atoms with van der Waals surface area (Å²) in [7, 11) is 0. The van der Waals surface area contributed by atoms with E-state index in [0.717, 1.165) is 0 Å². The van der Waals surface area contributed by atoms with Crippen LogP contribution in [0.3, 0.4) is 0 Å². The molecule has 0 bridgehead atoms. The van der Waals surface area contributed by atoms with Gasteiger partial charge in [0, 0.05) is 11.6 Å². The Kier molecular flexibility index (Phi) is 4.23. The second kappa shape index (κ2) is 5.47. The average molecular weight is 218 g/mol. The van der Waals surface area contributed by atoms with Gasteiger partial charge in [0.1, 0.15) is 5.01 Å². The first-order valence-electron chi connectivity index (χ1n) is 3.53. The zero-order valence-electron chi connectivity index (χ0n) is 6.94. The molecule has 1 atom stereocenters. The van der Waals surface area contributed by atoms with Gasteiger partial charge in [-0.25, -0.2) is 14.9 Å². The highest BCUT2D eigenvalue weighted by Crippen LogP contribution is 2.16. The number of hydrogen-bond acceptors (Lipinski definition) is 6. The summed E-state index contributed by atoms with van der Waals surface area (Å²) in [5.74, 6) is -0.784. The number of carbonyl (C=O) groups is 1.